The van der Waals surface area contributed by atoms with Crippen molar-refractivity contribution in [3.8, 4) is 17.6 Å². The summed E-state index contributed by atoms with van der Waals surface area (Å²) in [5, 5.41) is 8.41. The standard InChI is InChI=1S/C13H16ClNO2/c1-16-12-6-5-11(10-14)13(9-12)17-8-4-2-3-7-15/h5-6,9H,2-4,8,10H2,1H3. The van der Waals surface area contributed by atoms with Crippen molar-refractivity contribution < 1.29 is 9.47 Å². The molecule has 0 aromatic heterocycles. The van der Waals surface area contributed by atoms with Crippen LogP contribution in [0.4, 0.5) is 0 Å². The van der Waals surface area contributed by atoms with E-state index in [1.165, 1.54) is 0 Å². The van der Waals surface area contributed by atoms with Crippen LogP contribution in [0.1, 0.15) is 24.8 Å². The van der Waals surface area contributed by atoms with Crippen LogP contribution >= 0.6 is 11.6 Å². The van der Waals surface area contributed by atoms with Crippen molar-refractivity contribution in [2.75, 3.05) is 13.7 Å². The molecule has 0 atom stereocenters. The number of halogens is 1. The molecule has 0 aliphatic carbocycles. The molecule has 3 nitrogen and oxygen atoms in total. The Bertz CT molecular complexity index is 387. The van der Waals surface area contributed by atoms with Crippen molar-refractivity contribution >= 4 is 11.6 Å². The van der Waals surface area contributed by atoms with Crippen molar-refractivity contribution in [2.45, 2.75) is 25.1 Å². The Kier molecular flexibility index (Phi) is 6.27. The minimum atomic E-state index is 0.414. The average molecular weight is 254 g/mol. The summed E-state index contributed by atoms with van der Waals surface area (Å²) in [4.78, 5) is 0. The first-order chi connectivity index (χ1) is 8.31. The average Bonchev–Trinajstić information content (AvgIpc) is 2.38. The van der Waals surface area contributed by atoms with E-state index in [0.717, 1.165) is 29.9 Å². The molecule has 0 aliphatic heterocycles. The molecule has 4 heteroatoms. The largest absolute Gasteiger partial charge is 0.497 e. The topological polar surface area (TPSA) is 42.2 Å². The summed E-state index contributed by atoms with van der Waals surface area (Å²) in [6, 6.07) is 7.71. The minimum Gasteiger partial charge on any atom is -0.497 e. The van der Waals surface area contributed by atoms with E-state index in [2.05, 4.69) is 6.07 Å². The fourth-order valence-electron chi connectivity index (χ4n) is 1.39. The zero-order chi connectivity index (χ0) is 12.5. The second-order valence-corrected chi connectivity index (χ2v) is 3.84. The third-order valence-corrected chi connectivity index (χ3v) is 2.65. The molecule has 0 bridgehead atoms. The molecule has 0 aliphatic rings. The van der Waals surface area contributed by atoms with Crippen molar-refractivity contribution in [1.29, 1.82) is 5.26 Å². The van der Waals surface area contributed by atoms with Crippen molar-refractivity contribution in [3.63, 3.8) is 0 Å². The summed E-state index contributed by atoms with van der Waals surface area (Å²) in [7, 11) is 1.62. The SMILES string of the molecule is COc1ccc(CCl)c(OCCCCC#N)c1. The van der Waals surface area contributed by atoms with Gasteiger partial charge in [-0.25, -0.2) is 0 Å². The summed E-state index contributed by atoms with van der Waals surface area (Å²) in [6.45, 7) is 0.596. The molecule has 1 rings (SSSR count). The maximum Gasteiger partial charge on any atom is 0.127 e. The Morgan fingerprint density at radius 3 is 2.82 bits per heavy atom. The maximum atomic E-state index is 8.41. The second-order valence-electron chi connectivity index (χ2n) is 3.57. The molecule has 0 spiro atoms. The van der Waals surface area contributed by atoms with E-state index in [1.54, 1.807) is 7.11 Å². The Hall–Kier alpha value is -1.40. The molecule has 0 radical (unpaired) electrons. The summed E-state index contributed by atoms with van der Waals surface area (Å²) in [5.41, 5.74) is 0.952. The Morgan fingerprint density at radius 2 is 2.18 bits per heavy atom. The van der Waals surface area contributed by atoms with Crippen LogP contribution in [0.15, 0.2) is 18.2 Å². The van der Waals surface area contributed by atoms with E-state index in [-0.39, 0.29) is 0 Å². The highest BCUT2D eigenvalue weighted by Gasteiger charge is 2.04. The monoisotopic (exact) mass is 253 g/mol. The van der Waals surface area contributed by atoms with E-state index < -0.39 is 0 Å². The van der Waals surface area contributed by atoms with E-state index in [9.17, 15) is 0 Å². The highest BCUT2D eigenvalue weighted by atomic mass is 35.5. The number of rotatable bonds is 7. The summed E-state index contributed by atoms with van der Waals surface area (Å²) in [6.07, 6.45) is 2.30. The molecule has 1 aromatic rings. The number of nitrogens with zero attached hydrogens (tertiary/aromatic N) is 1. The molecule has 0 heterocycles. The number of unbranched alkanes of at least 4 members (excludes halogenated alkanes) is 2. The normalized spacial score (nSPS) is 9.71. The van der Waals surface area contributed by atoms with Gasteiger partial charge in [0.2, 0.25) is 0 Å². The lowest BCUT2D eigenvalue weighted by Crippen LogP contribution is -2.00. The summed E-state index contributed by atoms with van der Waals surface area (Å²) in [5.74, 6) is 1.93. The molecular formula is C13H16ClNO2. The summed E-state index contributed by atoms with van der Waals surface area (Å²) >= 11 is 5.83. The van der Waals surface area contributed by atoms with Gasteiger partial charge in [-0.05, 0) is 18.9 Å². The van der Waals surface area contributed by atoms with Gasteiger partial charge in [-0.1, -0.05) is 6.07 Å². The third kappa shape index (κ3) is 4.54. The van der Waals surface area contributed by atoms with Crippen molar-refractivity contribution in [3.05, 3.63) is 23.8 Å². The summed E-state index contributed by atoms with van der Waals surface area (Å²) < 4.78 is 10.8. The molecular weight excluding hydrogens is 238 g/mol. The lowest BCUT2D eigenvalue weighted by atomic mass is 10.2. The predicted molar refractivity (Wildman–Crippen MR) is 67.5 cm³/mol. The highest BCUT2D eigenvalue weighted by Crippen LogP contribution is 2.26. The van der Waals surface area contributed by atoms with Gasteiger partial charge in [-0.3, -0.25) is 0 Å². The van der Waals surface area contributed by atoms with Gasteiger partial charge in [0.25, 0.3) is 0 Å². The van der Waals surface area contributed by atoms with Crippen LogP contribution in [0, 0.1) is 11.3 Å². The quantitative estimate of drug-likeness (QED) is 0.552. The number of ether oxygens (including phenoxy) is 2. The van der Waals surface area contributed by atoms with Gasteiger partial charge in [-0.15, -0.1) is 11.6 Å². The number of nitriles is 1. The van der Waals surface area contributed by atoms with Gasteiger partial charge >= 0.3 is 0 Å². The zero-order valence-corrected chi connectivity index (χ0v) is 10.7. The van der Waals surface area contributed by atoms with Crippen LogP contribution in [-0.4, -0.2) is 13.7 Å². The number of methoxy groups -OCH3 is 1. The fourth-order valence-corrected chi connectivity index (χ4v) is 1.62. The molecule has 17 heavy (non-hydrogen) atoms. The lowest BCUT2D eigenvalue weighted by molar-refractivity contribution is 0.303. The Balaban J connectivity index is 2.53. The molecule has 1 aromatic carbocycles. The molecule has 0 unspecified atom stereocenters. The highest BCUT2D eigenvalue weighted by molar-refractivity contribution is 6.17. The van der Waals surface area contributed by atoms with Crippen molar-refractivity contribution in [2.24, 2.45) is 0 Å². The van der Waals surface area contributed by atoms with Crippen LogP contribution in [-0.2, 0) is 5.88 Å². The Labute approximate surface area is 107 Å². The smallest absolute Gasteiger partial charge is 0.127 e. The maximum absolute atomic E-state index is 8.41. The molecule has 0 amide bonds. The molecule has 0 N–H and O–H groups in total. The van der Waals surface area contributed by atoms with Gasteiger partial charge in [0, 0.05) is 18.1 Å². The van der Waals surface area contributed by atoms with E-state index in [4.69, 9.17) is 26.3 Å². The fraction of sp³-hybridized carbons (Fsp3) is 0.462. The Morgan fingerprint density at radius 1 is 1.35 bits per heavy atom. The number of hydrogen-bond donors (Lipinski definition) is 0. The number of alkyl halides is 1. The molecule has 0 fully saturated rings. The predicted octanol–water partition coefficient (Wildman–Crippen LogP) is 3.51. The van der Waals surface area contributed by atoms with Crippen LogP contribution in [0.3, 0.4) is 0 Å². The molecule has 0 saturated heterocycles. The molecule has 92 valence electrons. The van der Waals surface area contributed by atoms with Crippen LogP contribution < -0.4 is 9.47 Å². The van der Waals surface area contributed by atoms with E-state index >= 15 is 0 Å². The van der Waals surface area contributed by atoms with Gasteiger partial charge < -0.3 is 9.47 Å². The first-order valence-electron chi connectivity index (χ1n) is 5.54. The van der Waals surface area contributed by atoms with E-state index in [0.29, 0.717) is 18.9 Å². The van der Waals surface area contributed by atoms with Gasteiger partial charge in [0.1, 0.15) is 11.5 Å². The number of hydrogen-bond acceptors (Lipinski definition) is 3. The first kappa shape index (κ1) is 13.7. The van der Waals surface area contributed by atoms with Crippen molar-refractivity contribution in [1.82, 2.24) is 0 Å². The zero-order valence-electron chi connectivity index (χ0n) is 9.91. The lowest BCUT2D eigenvalue weighted by Gasteiger charge is -2.11. The van der Waals surface area contributed by atoms with Crippen LogP contribution in [0.2, 0.25) is 0 Å². The van der Waals surface area contributed by atoms with Gasteiger partial charge in [-0.2, -0.15) is 5.26 Å². The number of benzene rings is 1. The van der Waals surface area contributed by atoms with Crippen LogP contribution in [0.5, 0.6) is 11.5 Å². The van der Waals surface area contributed by atoms with Gasteiger partial charge in [0.15, 0.2) is 0 Å². The molecule has 0 saturated carbocycles. The first-order valence-corrected chi connectivity index (χ1v) is 6.08. The third-order valence-electron chi connectivity index (χ3n) is 2.36. The van der Waals surface area contributed by atoms with Gasteiger partial charge in [0.05, 0.1) is 25.7 Å². The second kappa shape index (κ2) is 7.81. The van der Waals surface area contributed by atoms with E-state index in [1.807, 2.05) is 18.2 Å². The van der Waals surface area contributed by atoms with Crippen LogP contribution in [0.25, 0.3) is 0 Å². The minimum absolute atomic E-state index is 0.414.